The fourth-order valence-corrected chi connectivity index (χ4v) is 9.71. The first-order chi connectivity index (χ1) is 28.3. The number of thioether (sulfide) groups is 2. The average molecular weight is 821 g/mol. The number of hydrogen-bond donors (Lipinski definition) is 1. The van der Waals surface area contributed by atoms with E-state index < -0.39 is 5.97 Å². The number of aromatic nitrogens is 6. The van der Waals surface area contributed by atoms with Crippen LogP contribution in [0.15, 0.2) is 77.8 Å². The number of aliphatic hydroxyl groups is 1. The number of pyridine rings is 1. The quantitative estimate of drug-likeness (QED) is 0.0752. The first kappa shape index (κ1) is 39.5. The Labute approximate surface area is 344 Å². The zero-order valence-electron chi connectivity index (χ0n) is 33.0. The number of esters is 1. The number of hydrogen-bond acceptors (Lipinski definition) is 10. The lowest BCUT2D eigenvalue weighted by Gasteiger charge is -2.12. The van der Waals surface area contributed by atoms with Gasteiger partial charge in [-0.15, -0.1) is 23.5 Å². The van der Waals surface area contributed by atoms with Gasteiger partial charge in [-0.2, -0.15) is 10.2 Å². The molecule has 0 saturated carbocycles. The molecule has 0 spiro atoms. The molecule has 1 aliphatic rings. The Kier molecular flexibility index (Phi) is 11.8. The maximum atomic E-state index is 16.2. The van der Waals surface area contributed by atoms with Crippen molar-refractivity contribution in [2.75, 3.05) is 20.8 Å². The molecule has 3 aromatic carbocycles. The smallest absolute Gasteiger partial charge is 0.354 e. The van der Waals surface area contributed by atoms with Crippen molar-refractivity contribution in [1.82, 2.24) is 29.1 Å². The number of fused-ring (bicyclic) bond motifs is 3. The van der Waals surface area contributed by atoms with Crippen LogP contribution in [0.2, 0.25) is 0 Å². The normalized spacial score (nSPS) is 12.4. The van der Waals surface area contributed by atoms with Gasteiger partial charge in [-0.25, -0.2) is 9.18 Å². The van der Waals surface area contributed by atoms with Crippen LogP contribution >= 0.6 is 23.5 Å². The van der Waals surface area contributed by atoms with Crippen molar-refractivity contribution in [3.05, 3.63) is 118 Å². The van der Waals surface area contributed by atoms with Gasteiger partial charge in [0.05, 0.1) is 31.1 Å². The highest BCUT2D eigenvalue weighted by atomic mass is 32.2. The van der Waals surface area contributed by atoms with E-state index in [2.05, 4.69) is 29.2 Å². The Morgan fingerprint density at radius 2 is 1.83 bits per heavy atom. The molecule has 0 fully saturated rings. The molecule has 4 aromatic heterocycles. The summed E-state index contributed by atoms with van der Waals surface area (Å²) < 4.78 is 38.7. The van der Waals surface area contributed by atoms with Crippen molar-refractivity contribution in [2.24, 2.45) is 14.1 Å². The van der Waals surface area contributed by atoms with Crippen molar-refractivity contribution in [2.45, 2.75) is 61.0 Å². The van der Waals surface area contributed by atoms with Crippen LogP contribution in [0.5, 0.6) is 11.5 Å². The SMILES string of the molecule is COC(=O)c1c(CCCO)c2ccc(F)c(-c3c(CSCc4cc(CSc5cc(OCc6ccc(OC)cc6)c6ncccc6c5)n(C)n4)nn4c3CCC4)c2n1C. The highest BCUT2D eigenvalue weighted by molar-refractivity contribution is 7.98. The molecule has 0 unspecified atom stereocenters. The van der Waals surface area contributed by atoms with Crippen LogP contribution in [0.3, 0.4) is 0 Å². The summed E-state index contributed by atoms with van der Waals surface area (Å²) in [6, 6.07) is 21.4. The minimum atomic E-state index is -0.490. The molecule has 7 aromatic rings. The van der Waals surface area contributed by atoms with Gasteiger partial charge in [0.15, 0.2) is 0 Å². The largest absolute Gasteiger partial charge is 0.497 e. The molecule has 0 saturated heterocycles. The maximum absolute atomic E-state index is 16.2. The third-order valence-corrected chi connectivity index (χ3v) is 12.6. The summed E-state index contributed by atoms with van der Waals surface area (Å²) in [5.41, 5.74) is 8.73. The molecule has 300 valence electrons. The maximum Gasteiger partial charge on any atom is 0.354 e. The van der Waals surface area contributed by atoms with Gasteiger partial charge < -0.3 is 23.9 Å². The lowest BCUT2D eigenvalue weighted by molar-refractivity contribution is 0.0589. The fourth-order valence-electron chi connectivity index (χ4n) is 7.88. The Morgan fingerprint density at radius 3 is 2.62 bits per heavy atom. The van der Waals surface area contributed by atoms with Crippen molar-refractivity contribution in [3.63, 3.8) is 0 Å². The number of carbonyl (C=O) groups excluding carboxylic acids is 1. The van der Waals surface area contributed by atoms with E-state index in [0.29, 0.717) is 53.5 Å². The lowest BCUT2D eigenvalue weighted by Crippen LogP contribution is -2.10. The van der Waals surface area contributed by atoms with E-state index in [-0.39, 0.29) is 12.4 Å². The van der Waals surface area contributed by atoms with Gasteiger partial charge in [0.1, 0.15) is 35.1 Å². The number of aryl methyl sites for hydroxylation is 4. The zero-order chi connectivity index (χ0) is 40.3. The second kappa shape index (κ2) is 17.3. The van der Waals surface area contributed by atoms with E-state index in [0.717, 1.165) is 91.5 Å². The van der Waals surface area contributed by atoms with Gasteiger partial charge in [-0.05, 0) is 85.3 Å². The Bertz CT molecular complexity index is 2620. The van der Waals surface area contributed by atoms with Crippen LogP contribution in [0.25, 0.3) is 32.9 Å². The van der Waals surface area contributed by atoms with Gasteiger partial charge in [0.25, 0.3) is 0 Å². The summed E-state index contributed by atoms with van der Waals surface area (Å²) in [5.74, 6) is 2.61. The molecule has 11 nitrogen and oxygen atoms in total. The van der Waals surface area contributed by atoms with E-state index in [1.54, 1.807) is 54.5 Å². The highest BCUT2D eigenvalue weighted by Gasteiger charge is 2.30. The van der Waals surface area contributed by atoms with Crippen LogP contribution in [-0.2, 0) is 62.1 Å². The number of benzene rings is 3. The Balaban J connectivity index is 0.995. The van der Waals surface area contributed by atoms with Gasteiger partial charge >= 0.3 is 5.97 Å². The third-order valence-electron chi connectivity index (χ3n) is 10.6. The van der Waals surface area contributed by atoms with Crippen LogP contribution in [0.4, 0.5) is 4.39 Å². The van der Waals surface area contributed by atoms with E-state index in [1.807, 2.05) is 46.7 Å². The molecule has 58 heavy (non-hydrogen) atoms. The summed E-state index contributed by atoms with van der Waals surface area (Å²) >= 11 is 3.41. The van der Waals surface area contributed by atoms with Gasteiger partial charge in [-0.1, -0.05) is 18.2 Å². The minimum absolute atomic E-state index is 0.0226. The topological polar surface area (TPSA) is 118 Å². The molecule has 0 radical (unpaired) electrons. The number of aliphatic hydroxyl groups excluding tert-OH is 1. The Morgan fingerprint density at radius 1 is 0.983 bits per heavy atom. The molecule has 0 atom stereocenters. The summed E-state index contributed by atoms with van der Waals surface area (Å²) in [6.07, 6.45) is 4.44. The van der Waals surface area contributed by atoms with Crippen LogP contribution in [-0.4, -0.2) is 61.0 Å². The van der Waals surface area contributed by atoms with Crippen molar-refractivity contribution < 1.29 is 28.5 Å². The molecular weight excluding hydrogens is 776 g/mol. The summed E-state index contributed by atoms with van der Waals surface area (Å²) in [7, 11) is 6.75. The summed E-state index contributed by atoms with van der Waals surface area (Å²) in [4.78, 5) is 18.7. The second-order valence-electron chi connectivity index (χ2n) is 14.3. The molecule has 1 aliphatic heterocycles. The second-order valence-corrected chi connectivity index (χ2v) is 16.3. The van der Waals surface area contributed by atoms with Crippen molar-refractivity contribution >= 4 is 51.3 Å². The number of halogens is 1. The molecule has 8 rings (SSSR count). The standard InChI is InChI=1S/C44H45FN6O5S2/c1-49-42-34(33(9-7-19-52)43(49)44(53)55-4)15-16-35(45)39(42)40-36(48-51-18-6-10-37(40)51)26-57-24-29-21-30(50(2)47-29)25-58-32-20-28-8-5-17-46-41(28)38(22-32)56-23-27-11-13-31(54-3)14-12-27/h5,8,11-17,20-22,52H,6-7,9-10,18-19,23-26H2,1-4H3. The number of ether oxygens (including phenoxy) is 3. The fraction of sp³-hybridized carbons (Fsp3) is 0.318. The van der Waals surface area contributed by atoms with E-state index in [4.69, 9.17) is 24.4 Å². The number of rotatable bonds is 16. The molecule has 0 bridgehead atoms. The zero-order valence-corrected chi connectivity index (χ0v) is 34.6. The molecule has 14 heteroatoms. The minimum Gasteiger partial charge on any atom is -0.497 e. The monoisotopic (exact) mass is 820 g/mol. The van der Waals surface area contributed by atoms with Crippen LogP contribution in [0, 0.1) is 5.82 Å². The molecule has 0 amide bonds. The van der Waals surface area contributed by atoms with Crippen molar-refractivity contribution in [1.29, 1.82) is 0 Å². The lowest BCUT2D eigenvalue weighted by atomic mass is 9.97. The predicted molar refractivity (Wildman–Crippen MR) is 226 cm³/mol. The van der Waals surface area contributed by atoms with E-state index in [1.165, 1.54) is 13.2 Å². The highest BCUT2D eigenvalue weighted by Crippen LogP contribution is 2.42. The molecule has 1 N–H and O–H groups in total. The summed E-state index contributed by atoms with van der Waals surface area (Å²) in [5, 5.41) is 21.3. The van der Waals surface area contributed by atoms with Crippen LogP contribution < -0.4 is 9.47 Å². The summed E-state index contributed by atoms with van der Waals surface area (Å²) in [6.45, 7) is 1.17. The Hall–Kier alpha value is -5.31. The number of carbonyl (C=O) groups is 1. The number of nitrogens with zero attached hydrogens (tertiary/aromatic N) is 6. The van der Waals surface area contributed by atoms with Crippen molar-refractivity contribution in [3.8, 4) is 22.6 Å². The van der Waals surface area contributed by atoms with Gasteiger partial charge in [0, 0.05) is 88.9 Å². The van der Waals surface area contributed by atoms with Gasteiger partial charge in [-0.3, -0.25) is 14.3 Å². The molecule has 5 heterocycles. The molecular formula is C44H45FN6O5S2. The predicted octanol–water partition coefficient (Wildman–Crippen LogP) is 8.43. The average Bonchev–Trinajstić information content (AvgIpc) is 4.00. The van der Waals surface area contributed by atoms with Crippen LogP contribution in [0.1, 0.15) is 57.2 Å². The third kappa shape index (κ3) is 7.80. The molecule has 0 aliphatic carbocycles. The van der Waals surface area contributed by atoms with E-state index >= 15 is 4.39 Å². The van der Waals surface area contributed by atoms with E-state index in [9.17, 15) is 9.90 Å². The van der Waals surface area contributed by atoms with Gasteiger partial charge in [0.2, 0.25) is 0 Å². The number of methoxy groups -OCH3 is 2. The first-order valence-corrected chi connectivity index (χ1v) is 21.4. The first-order valence-electron chi connectivity index (χ1n) is 19.2.